The largest absolute Gasteiger partial charge is 0.349 e. The average molecular weight is 226 g/mol. The molecule has 15 heavy (non-hydrogen) atoms. The van der Waals surface area contributed by atoms with Crippen LogP contribution in [-0.4, -0.2) is 11.9 Å². The standard InChI is InChI=1S/C12H16ClNO/c1-3-11(4-2)14-12(15)9-6-5-7-10(13)8-9/h5-8,11H,3-4H2,1-2H3,(H,14,15). The fourth-order valence-electron chi connectivity index (χ4n) is 1.39. The van der Waals surface area contributed by atoms with E-state index < -0.39 is 0 Å². The van der Waals surface area contributed by atoms with Gasteiger partial charge in [-0.05, 0) is 31.0 Å². The zero-order valence-corrected chi connectivity index (χ0v) is 9.84. The average Bonchev–Trinajstić information content (AvgIpc) is 2.25. The lowest BCUT2D eigenvalue weighted by atomic mass is 10.1. The summed E-state index contributed by atoms with van der Waals surface area (Å²) in [6, 6.07) is 7.24. The Kier molecular flexibility index (Phi) is 4.63. The van der Waals surface area contributed by atoms with Crippen LogP contribution in [0.5, 0.6) is 0 Å². The molecule has 0 radical (unpaired) electrons. The third kappa shape index (κ3) is 3.56. The highest BCUT2D eigenvalue weighted by molar-refractivity contribution is 6.30. The summed E-state index contributed by atoms with van der Waals surface area (Å²) < 4.78 is 0. The van der Waals surface area contributed by atoms with Crippen LogP contribution in [0.2, 0.25) is 5.02 Å². The van der Waals surface area contributed by atoms with Crippen molar-refractivity contribution in [2.45, 2.75) is 32.7 Å². The molecule has 0 aliphatic heterocycles. The van der Waals surface area contributed by atoms with Crippen LogP contribution >= 0.6 is 11.6 Å². The fraction of sp³-hybridized carbons (Fsp3) is 0.417. The number of hydrogen-bond acceptors (Lipinski definition) is 1. The molecule has 0 atom stereocenters. The first kappa shape index (κ1) is 12.1. The van der Waals surface area contributed by atoms with Crippen molar-refractivity contribution in [3.8, 4) is 0 Å². The molecule has 0 aromatic heterocycles. The van der Waals surface area contributed by atoms with Crippen LogP contribution < -0.4 is 5.32 Å². The van der Waals surface area contributed by atoms with E-state index in [2.05, 4.69) is 19.2 Å². The van der Waals surface area contributed by atoms with E-state index in [0.717, 1.165) is 12.8 Å². The second kappa shape index (κ2) is 5.76. The minimum Gasteiger partial charge on any atom is -0.349 e. The zero-order valence-electron chi connectivity index (χ0n) is 9.09. The lowest BCUT2D eigenvalue weighted by Gasteiger charge is -2.14. The molecule has 0 heterocycles. The van der Waals surface area contributed by atoms with Crippen LogP contribution in [0.15, 0.2) is 24.3 Å². The number of amides is 1. The van der Waals surface area contributed by atoms with Crippen molar-refractivity contribution >= 4 is 17.5 Å². The van der Waals surface area contributed by atoms with Crippen molar-refractivity contribution < 1.29 is 4.79 Å². The first-order chi connectivity index (χ1) is 7.17. The van der Waals surface area contributed by atoms with Gasteiger partial charge in [-0.1, -0.05) is 31.5 Å². The molecule has 2 nitrogen and oxygen atoms in total. The topological polar surface area (TPSA) is 29.1 Å². The number of nitrogens with one attached hydrogen (secondary N) is 1. The van der Waals surface area contributed by atoms with Gasteiger partial charge in [0.2, 0.25) is 0 Å². The molecule has 0 unspecified atom stereocenters. The lowest BCUT2D eigenvalue weighted by Crippen LogP contribution is -2.33. The number of benzene rings is 1. The third-order valence-electron chi connectivity index (χ3n) is 2.41. The van der Waals surface area contributed by atoms with Gasteiger partial charge < -0.3 is 5.32 Å². The predicted molar refractivity (Wildman–Crippen MR) is 63.3 cm³/mol. The molecule has 0 saturated heterocycles. The summed E-state index contributed by atoms with van der Waals surface area (Å²) in [7, 11) is 0. The molecule has 1 aromatic carbocycles. The molecule has 0 spiro atoms. The normalized spacial score (nSPS) is 10.4. The van der Waals surface area contributed by atoms with Gasteiger partial charge in [-0.15, -0.1) is 0 Å². The summed E-state index contributed by atoms with van der Waals surface area (Å²) in [6.07, 6.45) is 1.89. The quantitative estimate of drug-likeness (QED) is 0.838. The van der Waals surface area contributed by atoms with Crippen molar-refractivity contribution in [3.63, 3.8) is 0 Å². The highest BCUT2D eigenvalue weighted by Crippen LogP contribution is 2.11. The molecular weight excluding hydrogens is 210 g/mol. The maximum Gasteiger partial charge on any atom is 0.251 e. The van der Waals surface area contributed by atoms with Gasteiger partial charge in [0.15, 0.2) is 0 Å². The minimum absolute atomic E-state index is 0.0498. The number of carbonyl (C=O) groups is 1. The molecule has 1 aromatic rings. The first-order valence-corrected chi connectivity index (χ1v) is 5.61. The molecule has 82 valence electrons. The highest BCUT2D eigenvalue weighted by Gasteiger charge is 2.10. The van der Waals surface area contributed by atoms with E-state index >= 15 is 0 Å². The smallest absolute Gasteiger partial charge is 0.251 e. The summed E-state index contributed by atoms with van der Waals surface area (Å²) >= 11 is 5.81. The van der Waals surface area contributed by atoms with E-state index in [1.165, 1.54) is 0 Å². The number of halogens is 1. The van der Waals surface area contributed by atoms with Crippen LogP contribution in [0, 0.1) is 0 Å². The van der Waals surface area contributed by atoms with Crippen LogP contribution in [-0.2, 0) is 0 Å². The van der Waals surface area contributed by atoms with Crippen molar-refractivity contribution in [3.05, 3.63) is 34.9 Å². The Morgan fingerprint density at radius 3 is 2.60 bits per heavy atom. The molecule has 0 bridgehead atoms. The van der Waals surface area contributed by atoms with E-state index in [9.17, 15) is 4.79 Å². The van der Waals surface area contributed by atoms with Crippen LogP contribution in [0.1, 0.15) is 37.0 Å². The molecule has 3 heteroatoms. The van der Waals surface area contributed by atoms with Crippen LogP contribution in [0.4, 0.5) is 0 Å². The Bertz CT molecular complexity index is 334. The SMILES string of the molecule is CCC(CC)NC(=O)c1cccc(Cl)c1. The van der Waals surface area contributed by atoms with E-state index in [-0.39, 0.29) is 11.9 Å². The molecule has 1 rings (SSSR count). The summed E-state index contributed by atoms with van der Waals surface area (Å²) in [5, 5.41) is 3.55. The van der Waals surface area contributed by atoms with E-state index in [1.54, 1.807) is 24.3 Å². The Labute approximate surface area is 95.6 Å². The maximum absolute atomic E-state index is 11.8. The minimum atomic E-state index is -0.0498. The fourth-order valence-corrected chi connectivity index (χ4v) is 1.58. The molecule has 0 fully saturated rings. The second-order valence-electron chi connectivity index (χ2n) is 3.50. The molecule has 1 N–H and O–H groups in total. The Morgan fingerprint density at radius 1 is 1.40 bits per heavy atom. The summed E-state index contributed by atoms with van der Waals surface area (Å²) in [5.74, 6) is -0.0498. The summed E-state index contributed by atoms with van der Waals surface area (Å²) in [4.78, 5) is 11.8. The van der Waals surface area contributed by atoms with Gasteiger partial charge in [-0.2, -0.15) is 0 Å². The zero-order chi connectivity index (χ0) is 11.3. The Morgan fingerprint density at radius 2 is 2.07 bits per heavy atom. The molecule has 0 aliphatic carbocycles. The maximum atomic E-state index is 11.8. The first-order valence-electron chi connectivity index (χ1n) is 5.23. The third-order valence-corrected chi connectivity index (χ3v) is 2.64. The summed E-state index contributed by atoms with van der Waals surface area (Å²) in [6.45, 7) is 4.12. The van der Waals surface area contributed by atoms with Crippen molar-refractivity contribution in [2.24, 2.45) is 0 Å². The molecule has 0 aliphatic rings. The van der Waals surface area contributed by atoms with E-state index in [0.29, 0.717) is 10.6 Å². The van der Waals surface area contributed by atoms with E-state index in [4.69, 9.17) is 11.6 Å². The van der Waals surface area contributed by atoms with Crippen LogP contribution in [0.3, 0.4) is 0 Å². The highest BCUT2D eigenvalue weighted by atomic mass is 35.5. The van der Waals surface area contributed by atoms with Gasteiger partial charge in [0.1, 0.15) is 0 Å². The van der Waals surface area contributed by atoms with Gasteiger partial charge in [0.25, 0.3) is 5.91 Å². The monoisotopic (exact) mass is 225 g/mol. The van der Waals surface area contributed by atoms with Gasteiger partial charge in [0.05, 0.1) is 0 Å². The van der Waals surface area contributed by atoms with Gasteiger partial charge in [0, 0.05) is 16.6 Å². The van der Waals surface area contributed by atoms with Crippen LogP contribution in [0.25, 0.3) is 0 Å². The van der Waals surface area contributed by atoms with Crippen molar-refractivity contribution in [2.75, 3.05) is 0 Å². The van der Waals surface area contributed by atoms with E-state index in [1.807, 2.05) is 0 Å². The Balaban J connectivity index is 2.68. The van der Waals surface area contributed by atoms with Gasteiger partial charge >= 0.3 is 0 Å². The second-order valence-corrected chi connectivity index (χ2v) is 3.93. The predicted octanol–water partition coefficient (Wildman–Crippen LogP) is 3.26. The van der Waals surface area contributed by atoms with Gasteiger partial charge in [-0.25, -0.2) is 0 Å². The molecule has 1 amide bonds. The summed E-state index contributed by atoms with van der Waals surface area (Å²) in [5.41, 5.74) is 0.620. The lowest BCUT2D eigenvalue weighted by molar-refractivity contribution is 0.0935. The van der Waals surface area contributed by atoms with Crippen molar-refractivity contribution in [1.29, 1.82) is 0 Å². The molecule has 0 saturated carbocycles. The van der Waals surface area contributed by atoms with Crippen molar-refractivity contribution in [1.82, 2.24) is 5.32 Å². The van der Waals surface area contributed by atoms with Gasteiger partial charge in [-0.3, -0.25) is 4.79 Å². The molecular formula is C12H16ClNO. The number of hydrogen-bond donors (Lipinski definition) is 1. The number of carbonyl (C=O) groups excluding carboxylic acids is 1. The Hall–Kier alpha value is -1.02. The number of rotatable bonds is 4.